The zero-order valence-electron chi connectivity index (χ0n) is 11.5. The first kappa shape index (κ1) is 12.4. The maximum Gasteiger partial charge on any atom is 0.261 e. The summed E-state index contributed by atoms with van der Waals surface area (Å²) >= 11 is 0. The molecule has 0 spiro atoms. The Bertz CT molecular complexity index is 565. The first-order valence-corrected chi connectivity index (χ1v) is 6.67. The molecule has 0 radical (unpaired) electrons. The second kappa shape index (κ2) is 4.81. The van der Waals surface area contributed by atoms with Crippen LogP contribution in [0.5, 0.6) is 0 Å². The standard InChI is InChI=1S/C14H18N2O3/c1-8(2)12-6-11(9(3)18-12)14-15-13(16-19-14)10-4-5-17-7-10/h6,8,10H,4-5,7H2,1-3H3/t10-/m1/s1. The van der Waals surface area contributed by atoms with Gasteiger partial charge in [-0.05, 0) is 19.4 Å². The molecule has 1 aliphatic rings. The number of hydrogen-bond acceptors (Lipinski definition) is 5. The number of rotatable bonds is 3. The summed E-state index contributed by atoms with van der Waals surface area (Å²) in [6.45, 7) is 7.56. The molecule has 0 amide bonds. The van der Waals surface area contributed by atoms with E-state index in [4.69, 9.17) is 13.7 Å². The molecule has 102 valence electrons. The third-order valence-corrected chi connectivity index (χ3v) is 3.47. The molecule has 1 saturated heterocycles. The van der Waals surface area contributed by atoms with Crippen LogP contribution in [0.3, 0.4) is 0 Å². The van der Waals surface area contributed by atoms with Crippen molar-refractivity contribution in [1.82, 2.24) is 10.1 Å². The van der Waals surface area contributed by atoms with Gasteiger partial charge in [-0.3, -0.25) is 0 Å². The highest BCUT2D eigenvalue weighted by Crippen LogP contribution is 2.31. The number of nitrogens with zero attached hydrogens (tertiary/aromatic N) is 2. The summed E-state index contributed by atoms with van der Waals surface area (Å²) in [4.78, 5) is 4.48. The van der Waals surface area contributed by atoms with Crippen molar-refractivity contribution in [3.63, 3.8) is 0 Å². The fourth-order valence-corrected chi connectivity index (χ4v) is 2.25. The summed E-state index contributed by atoms with van der Waals surface area (Å²) in [5.41, 5.74) is 0.890. The maximum absolute atomic E-state index is 5.71. The van der Waals surface area contributed by atoms with Crippen molar-refractivity contribution >= 4 is 0 Å². The first-order valence-electron chi connectivity index (χ1n) is 6.67. The highest BCUT2D eigenvalue weighted by molar-refractivity contribution is 5.56. The van der Waals surface area contributed by atoms with E-state index in [-0.39, 0.29) is 5.92 Å². The van der Waals surface area contributed by atoms with Gasteiger partial charge in [0, 0.05) is 18.4 Å². The lowest BCUT2D eigenvalue weighted by molar-refractivity contribution is 0.192. The Hall–Kier alpha value is -1.62. The van der Waals surface area contributed by atoms with E-state index in [1.54, 1.807) is 0 Å². The predicted molar refractivity (Wildman–Crippen MR) is 69.0 cm³/mol. The van der Waals surface area contributed by atoms with E-state index < -0.39 is 0 Å². The Balaban J connectivity index is 1.89. The fraction of sp³-hybridized carbons (Fsp3) is 0.571. The summed E-state index contributed by atoms with van der Waals surface area (Å²) in [6, 6.07) is 1.99. The van der Waals surface area contributed by atoms with Gasteiger partial charge in [0.05, 0.1) is 12.2 Å². The van der Waals surface area contributed by atoms with Crippen molar-refractivity contribution in [2.75, 3.05) is 13.2 Å². The Morgan fingerprint density at radius 2 is 2.21 bits per heavy atom. The van der Waals surface area contributed by atoms with E-state index in [0.717, 1.165) is 35.9 Å². The van der Waals surface area contributed by atoms with Gasteiger partial charge in [0.15, 0.2) is 5.82 Å². The summed E-state index contributed by atoms with van der Waals surface area (Å²) in [7, 11) is 0. The zero-order chi connectivity index (χ0) is 13.4. The molecule has 2 aromatic rings. The molecular formula is C14H18N2O3. The largest absolute Gasteiger partial charge is 0.465 e. The van der Waals surface area contributed by atoms with Gasteiger partial charge in [-0.2, -0.15) is 4.98 Å². The molecule has 1 aliphatic heterocycles. The van der Waals surface area contributed by atoms with Gasteiger partial charge in [-0.1, -0.05) is 19.0 Å². The van der Waals surface area contributed by atoms with Crippen LogP contribution in [-0.2, 0) is 4.74 Å². The second-order valence-corrected chi connectivity index (χ2v) is 5.29. The second-order valence-electron chi connectivity index (χ2n) is 5.29. The average molecular weight is 262 g/mol. The van der Waals surface area contributed by atoms with Crippen LogP contribution in [0.2, 0.25) is 0 Å². The third-order valence-electron chi connectivity index (χ3n) is 3.47. The Morgan fingerprint density at radius 1 is 1.37 bits per heavy atom. The summed E-state index contributed by atoms with van der Waals surface area (Å²) in [5.74, 6) is 3.64. The summed E-state index contributed by atoms with van der Waals surface area (Å²) < 4.78 is 16.4. The van der Waals surface area contributed by atoms with Gasteiger partial charge in [-0.25, -0.2) is 0 Å². The van der Waals surface area contributed by atoms with E-state index >= 15 is 0 Å². The highest BCUT2D eigenvalue weighted by atomic mass is 16.5. The minimum absolute atomic E-state index is 0.259. The number of aryl methyl sites for hydroxylation is 1. The minimum atomic E-state index is 0.259. The van der Waals surface area contributed by atoms with Crippen molar-refractivity contribution in [3.8, 4) is 11.5 Å². The lowest BCUT2D eigenvalue weighted by Crippen LogP contribution is -1.99. The molecular weight excluding hydrogens is 244 g/mol. The normalized spacial score (nSPS) is 19.5. The molecule has 0 N–H and O–H groups in total. The molecule has 0 bridgehead atoms. The SMILES string of the molecule is Cc1oc(C(C)C)cc1-c1nc([C@@H]2CCOC2)no1. The van der Waals surface area contributed by atoms with Crippen LogP contribution in [-0.4, -0.2) is 23.4 Å². The Morgan fingerprint density at radius 3 is 2.84 bits per heavy atom. The zero-order valence-corrected chi connectivity index (χ0v) is 11.5. The quantitative estimate of drug-likeness (QED) is 0.849. The Labute approximate surface area is 111 Å². The number of furan rings is 1. The van der Waals surface area contributed by atoms with Gasteiger partial charge in [0.25, 0.3) is 5.89 Å². The summed E-state index contributed by atoms with van der Waals surface area (Å²) in [5, 5.41) is 4.06. The van der Waals surface area contributed by atoms with Gasteiger partial charge in [0.2, 0.25) is 0 Å². The third kappa shape index (κ3) is 2.30. The maximum atomic E-state index is 5.71. The van der Waals surface area contributed by atoms with Gasteiger partial charge < -0.3 is 13.7 Å². The van der Waals surface area contributed by atoms with Gasteiger partial charge in [-0.15, -0.1) is 0 Å². The van der Waals surface area contributed by atoms with Crippen molar-refractivity contribution < 1.29 is 13.7 Å². The average Bonchev–Trinajstić information content (AvgIpc) is 3.07. The van der Waals surface area contributed by atoms with Crippen molar-refractivity contribution in [1.29, 1.82) is 0 Å². The van der Waals surface area contributed by atoms with Crippen LogP contribution in [0, 0.1) is 6.92 Å². The van der Waals surface area contributed by atoms with Crippen molar-refractivity contribution in [2.24, 2.45) is 0 Å². The van der Waals surface area contributed by atoms with Crippen LogP contribution in [0.4, 0.5) is 0 Å². The van der Waals surface area contributed by atoms with E-state index in [1.807, 2.05) is 13.0 Å². The number of hydrogen-bond donors (Lipinski definition) is 0. The molecule has 5 nitrogen and oxygen atoms in total. The van der Waals surface area contributed by atoms with Gasteiger partial charge >= 0.3 is 0 Å². The Kier molecular flexibility index (Phi) is 3.14. The minimum Gasteiger partial charge on any atom is -0.465 e. The molecule has 5 heteroatoms. The summed E-state index contributed by atoms with van der Waals surface area (Å²) in [6.07, 6.45) is 0.959. The molecule has 1 atom stereocenters. The fourth-order valence-electron chi connectivity index (χ4n) is 2.25. The molecule has 0 saturated carbocycles. The number of aromatic nitrogens is 2. The molecule has 1 fully saturated rings. The monoisotopic (exact) mass is 262 g/mol. The van der Waals surface area contributed by atoms with Crippen molar-refractivity contribution in [3.05, 3.63) is 23.4 Å². The van der Waals surface area contributed by atoms with E-state index in [9.17, 15) is 0 Å². The van der Waals surface area contributed by atoms with E-state index in [0.29, 0.717) is 18.4 Å². The predicted octanol–water partition coefficient (Wildman–Crippen LogP) is 3.27. The number of ether oxygens (including phenoxy) is 1. The van der Waals surface area contributed by atoms with Crippen molar-refractivity contribution in [2.45, 2.75) is 39.0 Å². The van der Waals surface area contributed by atoms with E-state index in [2.05, 4.69) is 24.0 Å². The molecule has 19 heavy (non-hydrogen) atoms. The van der Waals surface area contributed by atoms with Crippen LogP contribution in [0.25, 0.3) is 11.5 Å². The molecule has 0 aromatic carbocycles. The topological polar surface area (TPSA) is 61.3 Å². The van der Waals surface area contributed by atoms with Gasteiger partial charge in [0.1, 0.15) is 11.5 Å². The van der Waals surface area contributed by atoms with Crippen LogP contribution in [0.15, 0.2) is 15.0 Å². The molecule has 3 heterocycles. The highest BCUT2D eigenvalue weighted by Gasteiger charge is 2.24. The van der Waals surface area contributed by atoms with Crippen LogP contribution in [0.1, 0.15) is 49.4 Å². The smallest absolute Gasteiger partial charge is 0.261 e. The molecule has 2 aromatic heterocycles. The lowest BCUT2D eigenvalue weighted by atomic mass is 10.1. The van der Waals surface area contributed by atoms with Crippen LogP contribution >= 0.6 is 0 Å². The molecule has 0 unspecified atom stereocenters. The van der Waals surface area contributed by atoms with Crippen LogP contribution < -0.4 is 0 Å². The molecule has 0 aliphatic carbocycles. The first-order chi connectivity index (χ1) is 9.15. The van der Waals surface area contributed by atoms with E-state index in [1.165, 1.54) is 0 Å². The molecule has 3 rings (SSSR count). The lowest BCUT2D eigenvalue weighted by Gasteiger charge is -1.97.